The van der Waals surface area contributed by atoms with Crippen LogP contribution in [0.25, 0.3) is 16.0 Å². The summed E-state index contributed by atoms with van der Waals surface area (Å²) in [6.07, 6.45) is 44.7. The van der Waals surface area contributed by atoms with E-state index in [1.807, 2.05) is 0 Å². The normalized spacial score (nSPS) is 35.2. The van der Waals surface area contributed by atoms with E-state index in [4.69, 9.17) is 17.0 Å². The summed E-state index contributed by atoms with van der Waals surface area (Å²) >= 11 is -0.826. The molecular formula is C51H97Cl2N5Zr2. The molecule has 5 nitrogen and oxygen atoms in total. The predicted molar refractivity (Wildman–Crippen MR) is 264 cm³/mol. The van der Waals surface area contributed by atoms with E-state index < -0.39 is 20.8 Å². The van der Waals surface area contributed by atoms with Gasteiger partial charge in [0.2, 0.25) is 0 Å². The zero-order valence-corrected chi connectivity index (χ0v) is 47.6. The molecule has 0 bridgehead atoms. The van der Waals surface area contributed by atoms with Crippen LogP contribution in [0, 0.1) is 69.6 Å². The van der Waals surface area contributed by atoms with Crippen molar-refractivity contribution >= 4 is 17.0 Å². The molecule has 60 heavy (non-hydrogen) atoms. The standard InChI is InChI=1S/2C16H27N.C5H10.C5H6.3C2H6N.3CH3.2ClH.2Zr/c2*1-17-15-9-5-4-8-13(15)14-10-11-6-2-3-7-12(11)16(14)17;2*1-2-4-5-3-1;3*1-3-2;;;;;;;/h2*11-16H,2-10H2,1H3;1-5H2;1-4H,5H2;3*1-2H3;3*1H3;2*1H;;/q;;;;6*-1;;;2*+4/p-2. The number of halogens is 2. The molecule has 10 rings (SSSR count). The first-order chi connectivity index (χ1) is 27.4. The molecule has 9 heteroatoms. The van der Waals surface area contributed by atoms with Gasteiger partial charge in [0.05, 0.1) is 0 Å². The number of hydrogen-bond acceptors (Lipinski definition) is 2. The van der Waals surface area contributed by atoms with Crippen LogP contribution in [0.15, 0.2) is 24.3 Å². The van der Waals surface area contributed by atoms with Gasteiger partial charge in [0.25, 0.3) is 0 Å². The number of allylic oxidation sites excluding steroid dienone is 4. The molecule has 12 atom stereocenters. The van der Waals surface area contributed by atoms with Crippen molar-refractivity contribution in [2.75, 3.05) is 56.4 Å². The molecule has 0 aromatic carbocycles. The van der Waals surface area contributed by atoms with Crippen molar-refractivity contribution < 1.29 is 47.1 Å². The molecule has 2 saturated heterocycles. The second kappa shape index (κ2) is 37.7. The summed E-state index contributed by atoms with van der Waals surface area (Å²) in [5, 5.41) is 10.5. The Labute approximate surface area is 414 Å². The van der Waals surface area contributed by atoms with E-state index in [-0.39, 0.29) is 48.5 Å². The quantitative estimate of drug-likeness (QED) is 0.227. The first-order valence-corrected chi connectivity index (χ1v) is 29.9. The van der Waals surface area contributed by atoms with E-state index in [9.17, 15) is 0 Å². The number of likely N-dealkylation sites (tertiary alicyclic amines) is 2. The van der Waals surface area contributed by atoms with Gasteiger partial charge in [0.15, 0.2) is 0 Å². The minimum atomic E-state index is -0.826. The molecule has 8 aliphatic carbocycles. The number of hydrogen-bond donors (Lipinski definition) is 0. The Bertz CT molecular complexity index is 959. The summed E-state index contributed by atoms with van der Waals surface area (Å²) in [7, 11) is 25.3. The van der Waals surface area contributed by atoms with Crippen molar-refractivity contribution in [1.82, 2.24) is 9.80 Å². The minimum absolute atomic E-state index is 0. The van der Waals surface area contributed by atoms with Gasteiger partial charge in [-0.15, -0.1) is 0 Å². The summed E-state index contributed by atoms with van der Waals surface area (Å²) in [6, 6.07) is 3.94. The maximum Gasteiger partial charge on any atom is 4.00 e. The Morgan fingerprint density at radius 2 is 0.700 bits per heavy atom. The van der Waals surface area contributed by atoms with Gasteiger partial charge in [-0.3, -0.25) is 9.80 Å². The molecule has 7 saturated carbocycles. The van der Waals surface area contributed by atoms with E-state index >= 15 is 0 Å². The third-order valence-corrected chi connectivity index (χ3v) is 15.4. The minimum Gasteiger partial charge on any atom is 4.00 e. The van der Waals surface area contributed by atoms with Crippen LogP contribution in [0.5, 0.6) is 0 Å². The Hall–Kier alpha value is 1.63. The second-order valence-corrected chi connectivity index (χ2v) is 22.6. The maximum absolute atomic E-state index is 4.93. The largest absolute Gasteiger partial charge is 4.00 e. The fourth-order valence-corrected chi connectivity index (χ4v) is 13.6. The Balaban J connectivity index is 0. The van der Waals surface area contributed by atoms with Crippen LogP contribution in [-0.4, -0.2) is 90.3 Å². The molecular weight excluding hydrogens is 936 g/mol. The van der Waals surface area contributed by atoms with E-state index in [2.05, 4.69) is 64.1 Å². The van der Waals surface area contributed by atoms with Crippen molar-refractivity contribution in [3.8, 4) is 0 Å². The van der Waals surface area contributed by atoms with Gasteiger partial charge in [0.1, 0.15) is 0 Å². The summed E-state index contributed by atoms with van der Waals surface area (Å²) in [5.74, 6) is 8.77. The first-order valence-electron chi connectivity index (χ1n) is 23.5. The molecule has 348 valence electrons. The van der Waals surface area contributed by atoms with Gasteiger partial charge in [-0.2, -0.15) is 42.3 Å². The number of fused-ring (bicyclic) bond motifs is 10. The van der Waals surface area contributed by atoms with Gasteiger partial charge < -0.3 is 38.2 Å². The van der Waals surface area contributed by atoms with Crippen LogP contribution >= 0.6 is 17.0 Å². The van der Waals surface area contributed by atoms with Gasteiger partial charge >= 0.3 is 64.1 Å². The van der Waals surface area contributed by atoms with Crippen LogP contribution in [0.2, 0.25) is 0 Å². The first kappa shape index (κ1) is 63.7. The molecule has 0 aromatic heterocycles. The van der Waals surface area contributed by atoms with Crippen molar-refractivity contribution in [1.29, 1.82) is 0 Å². The Kier molecular flexibility index (Phi) is 40.0. The number of nitrogens with zero attached hydrogens (tertiary/aromatic N) is 5. The Morgan fingerprint density at radius 1 is 0.433 bits per heavy atom. The molecule has 0 amide bonds. The van der Waals surface area contributed by atoms with Crippen molar-refractivity contribution in [3.05, 3.63) is 62.5 Å². The molecule has 0 aromatic rings. The molecule has 12 unspecified atom stereocenters. The fourth-order valence-electron chi connectivity index (χ4n) is 13.6. The van der Waals surface area contributed by atoms with Crippen LogP contribution in [0.4, 0.5) is 0 Å². The van der Waals surface area contributed by atoms with E-state index in [0.717, 1.165) is 77.9 Å². The molecule has 0 radical (unpaired) electrons. The molecule has 10 aliphatic rings. The second-order valence-electron chi connectivity index (χ2n) is 18.8. The van der Waals surface area contributed by atoms with E-state index in [1.54, 1.807) is 93.7 Å². The third-order valence-electron chi connectivity index (χ3n) is 15.4. The van der Waals surface area contributed by atoms with Gasteiger partial charge in [-0.25, -0.2) is 0 Å². The average molecular weight is 1030 g/mol. The zero-order chi connectivity index (χ0) is 40.7. The van der Waals surface area contributed by atoms with Crippen LogP contribution < -0.4 is 0 Å². The molecule has 2 aliphatic heterocycles. The SMILES string of the molecule is C1=CCC=C1.C1CCCC1.CN1C2CCCCC2C2CC3CCCCC3C21.CN1C2CCCCC2C2CC3CCCCC3C21.C[N-]C.C[N-]C.C[N-]C.[CH3-].[CH3-].[CH3-].[Cl][Zr+2][Cl].[Zr+4]. The molecule has 0 N–H and O–H groups in total. The summed E-state index contributed by atoms with van der Waals surface area (Å²) in [5.41, 5.74) is 0. The predicted octanol–water partition coefficient (Wildman–Crippen LogP) is 15.4. The fraction of sp³-hybridized carbons (Fsp3) is 0.863. The summed E-state index contributed by atoms with van der Waals surface area (Å²) in [6.45, 7) is 0. The molecule has 9 fully saturated rings. The summed E-state index contributed by atoms with van der Waals surface area (Å²) < 4.78 is 0. The Morgan fingerprint density at radius 3 is 0.983 bits per heavy atom. The van der Waals surface area contributed by atoms with Crippen LogP contribution in [0.3, 0.4) is 0 Å². The monoisotopic (exact) mass is 1030 g/mol. The van der Waals surface area contributed by atoms with Crippen molar-refractivity contribution in [2.24, 2.45) is 47.3 Å². The average Bonchev–Trinajstić information content (AvgIpc) is 4.08. The van der Waals surface area contributed by atoms with Crippen molar-refractivity contribution in [2.45, 2.75) is 178 Å². The van der Waals surface area contributed by atoms with Crippen LogP contribution in [0.1, 0.15) is 154 Å². The van der Waals surface area contributed by atoms with Gasteiger partial charge in [0, 0.05) is 24.2 Å². The maximum atomic E-state index is 4.93. The summed E-state index contributed by atoms with van der Waals surface area (Å²) in [4.78, 5) is 5.70. The topological polar surface area (TPSA) is 48.8 Å². The number of rotatable bonds is 0. The smallest absolute Gasteiger partial charge is 4.00 e. The molecule has 2 heterocycles. The van der Waals surface area contributed by atoms with Gasteiger partial charge in [-0.1, -0.05) is 121 Å². The van der Waals surface area contributed by atoms with Gasteiger partial charge in [-0.05, 0) is 119 Å². The zero-order valence-electron chi connectivity index (χ0n) is 41.2. The van der Waals surface area contributed by atoms with E-state index in [0.29, 0.717) is 0 Å². The third kappa shape index (κ3) is 19.1. The van der Waals surface area contributed by atoms with E-state index in [1.165, 1.54) is 96.3 Å². The van der Waals surface area contributed by atoms with Crippen LogP contribution in [-0.2, 0) is 47.1 Å². The van der Waals surface area contributed by atoms with Crippen molar-refractivity contribution in [3.63, 3.8) is 0 Å². The molecule has 0 spiro atoms.